The van der Waals surface area contributed by atoms with Crippen molar-refractivity contribution in [2.45, 2.75) is 32.9 Å². The Morgan fingerprint density at radius 2 is 1.73 bits per heavy atom. The number of anilines is 4. The van der Waals surface area contributed by atoms with Crippen molar-refractivity contribution in [3.8, 4) is 0 Å². The second kappa shape index (κ2) is 11.5. The van der Waals surface area contributed by atoms with Crippen LogP contribution >= 0.6 is 0 Å². The zero-order valence-electron chi connectivity index (χ0n) is 24.0. The number of nitrogen functional groups attached to an aromatic ring is 1. The van der Waals surface area contributed by atoms with Gasteiger partial charge in [-0.1, -0.05) is 30.3 Å². The average molecular weight is 556 g/mol. The van der Waals surface area contributed by atoms with Crippen molar-refractivity contribution in [1.29, 1.82) is 0 Å². The molecule has 214 valence electrons. The van der Waals surface area contributed by atoms with Gasteiger partial charge < -0.3 is 30.0 Å². The van der Waals surface area contributed by atoms with Gasteiger partial charge in [0.05, 0.1) is 42.5 Å². The third-order valence-electron chi connectivity index (χ3n) is 7.01. The van der Waals surface area contributed by atoms with Gasteiger partial charge in [0, 0.05) is 42.8 Å². The van der Waals surface area contributed by atoms with E-state index in [1.807, 2.05) is 87.1 Å². The molecule has 0 unspecified atom stereocenters. The van der Waals surface area contributed by atoms with Crippen molar-refractivity contribution in [2.24, 2.45) is 7.05 Å². The lowest BCUT2D eigenvalue weighted by atomic mass is 10.1. The molecule has 0 spiro atoms. The first-order chi connectivity index (χ1) is 19.6. The van der Waals surface area contributed by atoms with Crippen LogP contribution in [0.15, 0.2) is 72.9 Å². The van der Waals surface area contributed by atoms with E-state index in [0.717, 1.165) is 40.9 Å². The number of benzene rings is 3. The molecule has 1 saturated heterocycles. The minimum atomic E-state index is -0.660. The quantitative estimate of drug-likeness (QED) is 0.292. The molecular weight excluding hydrogens is 518 g/mol. The molecule has 3 N–H and O–H groups in total. The van der Waals surface area contributed by atoms with Crippen molar-refractivity contribution in [1.82, 2.24) is 4.57 Å². The Bertz CT molecular complexity index is 1570. The molecule has 1 aliphatic heterocycles. The van der Waals surface area contributed by atoms with Crippen LogP contribution in [0.5, 0.6) is 0 Å². The van der Waals surface area contributed by atoms with E-state index in [-0.39, 0.29) is 5.91 Å². The van der Waals surface area contributed by atoms with E-state index in [2.05, 4.69) is 10.2 Å². The largest absolute Gasteiger partial charge is 0.443 e. The number of ether oxygens (including phenoxy) is 2. The van der Waals surface area contributed by atoms with Gasteiger partial charge in [-0.25, -0.2) is 4.79 Å². The first kappa shape index (κ1) is 28.0. The van der Waals surface area contributed by atoms with Crippen LogP contribution in [0.1, 0.15) is 36.7 Å². The minimum Gasteiger partial charge on any atom is -0.443 e. The number of amides is 2. The van der Waals surface area contributed by atoms with E-state index < -0.39 is 11.7 Å². The van der Waals surface area contributed by atoms with Gasteiger partial charge in [0.1, 0.15) is 5.60 Å². The van der Waals surface area contributed by atoms with Gasteiger partial charge in [-0.15, -0.1) is 0 Å². The van der Waals surface area contributed by atoms with E-state index in [9.17, 15) is 9.59 Å². The zero-order chi connectivity index (χ0) is 29.1. The van der Waals surface area contributed by atoms with Crippen LogP contribution in [-0.2, 0) is 23.1 Å². The van der Waals surface area contributed by atoms with E-state index in [1.54, 1.807) is 23.1 Å². The second-order valence-electron chi connectivity index (χ2n) is 11.2. The summed E-state index contributed by atoms with van der Waals surface area (Å²) >= 11 is 0. The molecule has 9 heteroatoms. The normalized spacial score (nSPS) is 13.7. The molecule has 2 heterocycles. The third-order valence-corrected chi connectivity index (χ3v) is 7.01. The molecule has 0 aliphatic carbocycles. The molecular formula is C32H37N5O4. The third kappa shape index (κ3) is 6.30. The van der Waals surface area contributed by atoms with Crippen molar-refractivity contribution >= 4 is 45.7 Å². The molecule has 5 rings (SSSR count). The number of nitrogens with one attached hydrogen (secondary N) is 1. The molecule has 9 nitrogen and oxygen atoms in total. The Hall–Kier alpha value is -4.50. The number of morpholine rings is 1. The monoisotopic (exact) mass is 555 g/mol. The number of carbonyl (C=O) groups is 2. The molecule has 0 saturated carbocycles. The molecule has 0 bridgehead atoms. The summed E-state index contributed by atoms with van der Waals surface area (Å²) in [6.07, 6.45) is 1.57. The van der Waals surface area contributed by atoms with Crippen LogP contribution in [0.3, 0.4) is 0 Å². The van der Waals surface area contributed by atoms with Crippen LogP contribution in [0.4, 0.5) is 27.5 Å². The van der Waals surface area contributed by atoms with Crippen LogP contribution in [0, 0.1) is 0 Å². The predicted molar refractivity (Wildman–Crippen MR) is 164 cm³/mol. The van der Waals surface area contributed by atoms with Gasteiger partial charge >= 0.3 is 6.09 Å². The number of nitrogens with zero attached hydrogens (tertiary/aromatic N) is 3. The van der Waals surface area contributed by atoms with Crippen LogP contribution in [-0.4, -0.2) is 48.5 Å². The SMILES string of the molecule is Cn1cc(CN(C(=O)OC(C)(C)C)c2ccccc2N2CCOCC2)c2ccc(C(=O)Nc3ccccc3N)cc21. The van der Waals surface area contributed by atoms with Crippen molar-refractivity contribution in [3.05, 3.63) is 84.1 Å². The highest BCUT2D eigenvalue weighted by atomic mass is 16.6. The van der Waals surface area contributed by atoms with Gasteiger partial charge in [0.15, 0.2) is 0 Å². The van der Waals surface area contributed by atoms with Gasteiger partial charge in [0.25, 0.3) is 5.91 Å². The predicted octanol–water partition coefficient (Wildman–Crippen LogP) is 5.79. The van der Waals surface area contributed by atoms with Crippen molar-refractivity contribution in [3.63, 3.8) is 0 Å². The topological polar surface area (TPSA) is 102 Å². The lowest BCUT2D eigenvalue weighted by Crippen LogP contribution is -2.40. The van der Waals surface area contributed by atoms with Crippen molar-refractivity contribution in [2.75, 3.05) is 47.2 Å². The second-order valence-corrected chi connectivity index (χ2v) is 11.2. The van der Waals surface area contributed by atoms with Gasteiger partial charge in [-0.2, -0.15) is 0 Å². The highest BCUT2D eigenvalue weighted by molar-refractivity contribution is 6.07. The average Bonchev–Trinajstić information content (AvgIpc) is 3.26. The van der Waals surface area contributed by atoms with Crippen LogP contribution < -0.4 is 20.9 Å². The standard InChI is InChI=1S/C32H37N5O4/c1-32(2,3)41-31(39)37(28-12-8-7-11-27(28)36-15-17-40-18-16-36)21-23-20-35(4)29-19-22(13-14-24(23)29)30(38)34-26-10-6-5-9-25(26)33/h5-14,19-20H,15-18,21,33H2,1-4H3,(H,34,38). The van der Waals surface area contributed by atoms with Gasteiger partial charge in [-0.3, -0.25) is 9.69 Å². The zero-order valence-corrected chi connectivity index (χ0v) is 24.0. The fourth-order valence-corrected chi connectivity index (χ4v) is 5.04. The fourth-order valence-electron chi connectivity index (χ4n) is 5.04. The minimum absolute atomic E-state index is 0.248. The van der Waals surface area contributed by atoms with Gasteiger partial charge in [0.2, 0.25) is 0 Å². The number of carbonyl (C=O) groups excluding carboxylic acids is 2. The molecule has 1 fully saturated rings. The molecule has 1 aliphatic rings. The summed E-state index contributed by atoms with van der Waals surface area (Å²) < 4.78 is 13.4. The van der Waals surface area contributed by atoms with Gasteiger partial charge in [-0.05, 0) is 62.7 Å². The maximum absolute atomic E-state index is 13.7. The Morgan fingerprint density at radius 3 is 2.46 bits per heavy atom. The van der Waals surface area contributed by atoms with E-state index in [4.69, 9.17) is 15.2 Å². The highest BCUT2D eigenvalue weighted by Gasteiger charge is 2.28. The summed E-state index contributed by atoms with van der Waals surface area (Å²) in [6.45, 7) is 8.65. The summed E-state index contributed by atoms with van der Waals surface area (Å²) in [4.78, 5) is 30.7. The Kier molecular flexibility index (Phi) is 7.90. The maximum atomic E-state index is 13.7. The summed E-state index contributed by atoms with van der Waals surface area (Å²) in [5, 5.41) is 3.83. The Morgan fingerprint density at radius 1 is 1.02 bits per heavy atom. The van der Waals surface area contributed by atoms with E-state index in [0.29, 0.717) is 36.7 Å². The molecule has 0 radical (unpaired) electrons. The summed E-state index contributed by atoms with van der Waals surface area (Å²) in [5.41, 5.74) is 10.5. The molecule has 1 aromatic heterocycles. The number of aromatic nitrogens is 1. The highest BCUT2D eigenvalue weighted by Crippen LogP contribution is 2.34. The first-order valence-corrected chi connectivity index (χ1v) is 13.8. The van der Waals surface area contributed by atoms with Crippen LogP contribution in [0.2, 0.25) is 0 Å². The van der Waals surface area contributed by atoms with E-state index >= 15 is 0 Å². The number of nitrogens with two attached hydrogens (primary N) is 1. The molecule has 41 heavy (non-hydrogen) atoms. The molecule has 4 aromatic rings. The molecule has 0 atom stereocenters. The number of aryl methyl sites for hydroxylation is 1. The summed E-state index contributed by atoms with van der Waals surface area (Å²) in [6, 6.07) is 20.6. The lowest BCUT2D eigenvalue weighted by molar-refractivity contribution is 0.0577. The number of hydrogen-bond donors (Lipinski definition) is 2. The smallest absolute Gasteiger partial charge is 0.415 e. The summed E-state index contributed by atoms with van der Waals surface area (Å²) in [7, 11) is 1.93. The Labute approximate surface area is 240 Å². The van der Waals surface area contributed by atoms with E-state index in [1.165, 1.54) is 0 Å². The number of fused-ring (bicyclic) bond motifs is 1. The molecule has 3 aromatic carbocycles. The first-order valence-electron chi connectivity index (χ1n) is 13.8. The Balaban J connectivity index is 1.49. The van der Waals surface area contributed by atoms with Crippen molar-refractivity contribution < 1.29 is 19.1 Å². The number of rotatable bonds is 6. The number of para-hydroxylation sites is 4. The molecule has 2 amide bonds. The maximum Gasteiger partial charge on any atom is 0.415 e. The fraction of sp³-hybridized carbons (Fsp3) is 0.312. The van der Waals surface area contributed by atoms with Crippen LogP contribution in [0.25, 0.3) is 10.9 Å². The number of hydrogen-bond acceptors (Lipinski definition) is 6. The lowest BCUT2D eigenvalue weighted by Gasteiger charge is -2.34. The summed E-state index contributed by atoms with van der Waals surface area (Å²) in [5.74, 6) is -0.248.